The van der Waals surface area contributed by atoms with Crippen molar-refractivity contribution in [3.63, 3.8) is 0 Å². The molecule has 1 aromatic rings. The van der Waals surface area contributed by atoms with Crippen LogP contribution in [0.15, 0.2) is 0 Å². The third-order valence-corrected chi connectivity index (χ3v) is 4.79. The van der Waals surface area contributed by atoms with Gasteiger partial charge >= 0.3 is 0 Å². The number of hydrogen-bond acceptors (Lipinski definition) is 6. The van der Waals surface area contributed by atoms with E-state index in [9.17, 15) is 0 Å². The summed E-state index contributed by atoms with van der Waals surface area (Å²) in [7, 11) is 0. The molecule has 22 heavy (non-hydrogen) atoms. The molecular weight excluding hydrogens is 278 g/mol. The number of fused-ring (bicyclic) bond motifs is 1. The zero-order chi connectivity index (χ0) is 14.9. The first kappa shape index (κ1) is 14.2. The number of nitrogens with one attached hydrogen (secondary N) is 1. The van der Waals surface area contributed by atoms with E-state index < -0.39 is 0 Å². The maximum absolute atomic E-state index is 5.45. The van der Waals surface area contributed by atoms with E-state index in [4.69, 9.17) is 14.7 Å². The topological polar surface area (TPSA) is 53.5 Å². The smallest absolute Gasteiger partial charge is 0.227 e. The van der Waals surface area contributed by atoms with Crippen LogP contribution in [0.2, 0.25) is 0 Å². The standard InChI is InChI=1S/C16H25N5O/c1-2-20-6-5-14-13(11-20)15(17-12-3-4-12)19-16(18-14)21-7-9-22-10-8-21/h12H,2-11H2,1H3,(H,17,18,19). The van der Waals surface area contributed by atoms with Crippen molar-refractivity contribution in [3.05, 3.63) is 11.3 Å². The summed E-state index contributed by atoms with van der Waals surface area (Å²) in [5.41, 5.74) is 2.56. The molecule has 1 aliphatic carbocycles. The van der Waals surface area contributed by atoms with Gasteiger partial charge in [0.1, 0.15) is 5.82 Å². The van der Waals surface area contributed by atoms with Crippen LogP contribution in [-0.2, 0) is 17.7 Å². The van der Waals surface area contributed by atoms with Crippen LogP contribution >= 0.6 is 0 Å². The van der Waals surface area contributed by atoms with Gasteiger partial charge in [0.15, 0.2) is 0 Å². The monoisotopic (exact) mass is 303 g/mol. The van der Waals surface area contributed by atoms with E-state index in [1.54, 1.807) is 0 Å². The highest BCUT2D eigenvalue weighted by Crippen LogP contribution is 2.31. The van der Waals surface area contributed by atoms with Crippen molar-refractivity contribution in [3.8, 4) is 0 Å². The summed E-state index contributed by atoms with van der Waals surface area (Å²) in [6.45, 7) is 8.72. The molecule has 1 saturated carbocycles. The maximum Gasteiger partial charge on any atom is 0.227 e. The molecular formula is C16H25N5O. The third-order valence-electron chi connectivity index (χ3n) is 4.79. The first-order chi connectivity index (χ1) is 10.8. The molecule has 2 aliphatic heterocycles. The molecule has 2 fully saturated rings. The van der Waals surface area contributed by atoms with E-state index >= 15 is 0 Å². The quantitative estimate of drug-likeness (QED) is 0.904. The molecule has 3 aliphatic rings. The van der Waals surface area contributed by atoms with Crippen molar-refractivity contribution >= 4 is 11.8 Å². The Labute approximate surface area is 131 Å². The Morgan fingerprint density at radius 3 is 2.73 bits per heavy atom. The molecule has 3 heterocycles. The molecule has 1 N–H and O–H groups in total. The number of aromatic nitrogens is 2. The second kappa shape index (κ2) is 6.01. The van der Waals surface area contributed by atoms with E-state index in [0.717, 1.165) is 64.1 Å². The molecule has 0 bridgehead atoms. The Kier molecular flexibility index (Phi) is 3.88. The van der Waals surface area contributed by atoms with Crippen molar-refractivity contribution in [1.82, 2.24) is 14.9 Å². The average molecular weight is 303 g/mol. The number of rotatable bonds is 4. The van der Waals surface area contributed by atoms with Crippen LogP contribution in [0.3, 0.4) is 0 Å². The number of anilines is 2. The number of morpholine rings is 1. The molecule has 0 radical (unpaired) electrons. The van der Waals surface area contributed by atoms with E-state index in [1.165, 1.54) is 24.1 Å². The number of ether oxygens (including phenoxy) is 1. The fraction of sp³-hybridized carbons (Fsp3) is 0.750. The summed E-state index contributed by atoms with van der Waals surface area (Å²) in [6, 6.07) is 0.619. The second-order valence-corrected chi connectivity index (χ2v) is 6.43. The van der Waals surface area contributed by atoms with Crippen LogP contribution in [0.4, 0.5) is 11.8 Å². The SMILES string of the molecule is CCN1CCc2nc(N3CCOCC3)nc(NC3CC3)c2C1. The van der Waals surface area contributed by atoms with E-state index in [1.807, 2.05) is 0 Å². The summed E-state index contributed by atoms with van der Waals surface area (Å²) in [5.74, 6) is 1.96. The van der Waals surface area contributed by atoms with Gasteiger partial charge in [-0.15, -0.1) is 0 Å². The van der Waals surface area contributed by atoms with Crippen LogP contribution in [0.5, 0.6) is 0 Å². The molecule has 6 nitrogen and oxygen atoms in total. The summed E-state index contributed by atoms with van der Waals surface area (Å²) >= 11 is 0. The summed E-state index contributed by atoms with van der Waals surface area (Å²) in [4.78, 5) is 14.5. The minimum atomic E-state index is 0.619. The van der Waals surface area contributed by atoms with E-state index in [2.05, 4.69) is 22.0 Å². The largest absolute Gasteiger partial charge is 0.378 e. The van der Waals surface area contributed by atoms with Crippen LogP contribution in [0.25, 0.3) is 0 Å². The van der Waals surface area contributed by atoms with E-state index in [0.29, 0.717) is 6.04 Å². The molecule has 120 valence electrons. The lowest BCUT2D eigenvalue weighted by Gasteiger charge is -2.31. The maximum atomic E-state index is 5.45. The molecule has 4 rings (SSSR count). The number of likely N-dealkylation sites (N-methyl/N-ethyl adjacent to an activating group) is 1. The second-order valence-electron chi connectivity index (χ2n) is 6.43. The third kappa shape index (κ3) is 2.90. The van der Waals surface area contributed by atoms with Gasteiger partial charge in [-0.1, -0.05) is 6.92 Å². The number of hydrogen-bond donors (Lipinski definition) is 1. The Balaban J connectivity index is 1.65. The predicted octanol–water partition coefficient (Wildman–Crippen LogP) is 1.27. The molecule has 0 aromatic carbocycles. The molecule has 0 unspecified atom stereocenters. The van der Waals surface area contributed by atoms with Gasteiger partial charge in [0.05, 0.1) is 18.9 Å². The van der Waals surface area contributed by atoms with Gasteiger partial charge in [0.2, 0.25) is 5.95 Å². The minimum absolute atomic E-state index is 0.619. The highest BCUT2D eigenvalue weighted by molar-refractivity contribution is 5.53. The normalized spacial score (nSPS) is 22.5. The summed E-state index contributed by atoms with van der Waals surface area (Å²) < 4.78 is 5.45. The predicted molar refractivity (Wildman–Crippen MR) is 86.4 cm³/mol. The minimum Gasteiger partial charge on any atom is -0.378 e. The molecule has 1 aromatic heterocycles. The fourth-order valence-corrected chi connectivity index (χ4v) is 3.17. The Bertz CT molecular complexity index is 540. The summed E-state index contributed by atoms with van der Waals surface area (Å²) in [5, 5.41) is 3.63. The van der Waals surface area contributed by atoms with Crippen molar-refractivity contribution in [1.29, 1.82) is 0 Å². The fourth-order valence-electron chi connectivity index (χ4n) is 3.17. The first-order valence-corrected chi connectivity index (χ1v) is 8.55. The lowest BCUT2D eigenvalue weighted by atomic mass is 10.1. The lowest BCUT2D eigenvalue weighted by molar-refractivity contribution is 0.122. The van der Waals surface area contributed by atoms with E-state index in [-0.39, 0.29) is 0 Å². The van der Waals surface area contributed by atoms with Crippen molar-refractivity contribution in [2.24, 2.45) is 0 Å². The van der Waals surface area contributed by atoms with Crippen LogP contribution in [0, 0.1) is 0 Å². The average Bonchev–Trinajstić information content (AvgIpc) is 3.39. The number of nitrogens with zero attached hydrogens (tertiary/aromatic N) is 4. The molecule has 0 spiro atoms. The zero-order valence-electron chi connectivity index (χ0n) is 13.3. The van der Waals surface area contributed by atoms with Gasteiger partial charge in [-0.3, -0.25) is 4.90 Å². The highest BCUT2D eigenvalue weighted by Gasteiger charge is 2.28. The van der Waals surface area contributed by atoms with Gasteiger partial charge in [-0.2, -0.15) is 4.98 Å². The van der Waals surface area contributed by atoms with Crippen LogP contribution in [0.1, 0.15) is 31.0 Å². The van der Waals surface area contributed by atoms with Crippen LogP contribution in [-0.4, -0.2) is 60.3 Å². The molecule has 0 atom stereocenters. The lowest BCUT2D eigenvalue weighted by Crippen LogP contribution is -2.38. The van der Waals surface area contributed by atoms with Crippen molar-refractivity contribution in [2.75, 3.05) is 49.6 Å². The molecule has 1 saturated heterocycles. The van der Waals surface area contributed by atoms with Crippen LogP contribution < -0.4 is 10.2 Å². The van der Waals surface area contributed by atoms with Gasteiger partial charge < -0.3 is 15.0 Å². The van der Waals surface area contributed by atoms with Gasteiger partial charge in [0, 0.05) is 44.2 Å². The zero-order valence-corrected chi connectivity index (χ0v) is 13.3. The van der Waals surface area contributed by atoms with Crippen molar-refractivity contribution < 1.29 is 4.74 Å². The Morgan fingerprint density at radius 2 is 2.00 bits per heavy atom. The summed E-state index contributed by atoms with van der Waals surface area (Å²) in [6.07, 6.45) is 3.56. The molecule has 0 amide bonds. The van der Waals surface area contributed by atoms with Gasteiger partial charge in [-0.25, -0.2) is 4.98 Å². The van der Waals surface area contributed by atoms with Gasteiger partial charge in [0.25, 0.3) is 0 Å². The Morgan fingerprint density at radius 1 is 1.18 bits per heavy atom. The van der Waals surface area contributed by atoms with Crippen molar-refractivity contribution in [2.45, 2.75) is 38.8 Å². The first-order valence-electron chi connectivity index (χ1n) is 8.55. The molecule has 6 heteroatoms. The van der Waals surface area contributed by atoms with Gasteiger partial charge in [-0.05, 0) is 19.4 Å². The Hall–Kier alpha value is -1.40. The highest BCUT2D eigenvalue weighted by atomic mass is 16.5.